The van der Waals surface area contributed by atoms with Crippen molar-refractivity contribution in [2.45, 2.75) is 56.1 Å². The van der Waals surface area contributed by atoms with Crippen LogP contribution in [0.25, 0.3) is 0 Å². The molecule has 0 aromatic heterocycles. The first-order valence-corrected chi connectivity index (χ1v) is 7.07. The van der Waals surface area contributed by atoms with Crippen LogP contribution in [0, 0.1) is 11.3 Å². The predicted octanol–water partition coefficient (Wildman–Crippen LogP) is 1.52. The van der Waals surface area contributed by atoms with Gasteiger partial charge in [0.1, 0.15) is 5.54 Å². The Balaban J connectivity index is 1.91. The topological polar surface area (TPSA) is 48.3 Å². The molecule has 0 radical (unpaired) electrons. The molecule has 4 nitrogen and oxygen atoms in total. The van der Waals surface area contributed by atoms with Gasteiger partial charge in [0.25, 0.3) is 0 Å². The summed E-state index contributed by atoms with van der Waals surface area (Å²) in [6, 6.07) is 3.68. The molecule has 2 aliphatic carbocycles. The van der Waals surface area contributed by atoms with Gasteiger partial charge in [0, 0.05) is 25.7 Å². The van der Waals surface area contributed by atoms with E-state index in [0.717, 1.165) is 32.4 Å². The number of rotatable bonds is 6. The third-order valence-electron chi connectivity index (χ3n) is 4.27. The summed E-state index contributed by atoms with van der Waals surface area (Å²) in [5.74, 6) is 0. The lowest BCUT2D eigenvalue weighted by atomic mass is 9.79. The van der Waals surface area contributed by atoms with Gasteiger partial charge in [0.05, 0.1) is 12.7 Å². The maximum absolute atomic E-state index is 9.54. The van der Waals surface area contributed by atoms with Crippen molar-refractivity contribution in [3.63, 3.8) is 0 Å². The monoisotopic (exact) mass is 251 g/mol. The van der Waals surface area contributed by atoms with E-state index in [2.05, 4.69) is 23.3 Å². The second-order valence-corrected chi connectivity index (χ2v) is 5.84. The van der Waals surface area contributed by atoms with Gasteiger partial charge in [0.15, 0.2) is 0 Å². The second-order valence-electron chi connectivity index (χ2n) is 5.84. The lowest BCUT2D eigenvalue weighted by Gasteiger charge is -2.40. The minimum absolute atomic E-state index is 0.272. The van der Waals surface area contributed by atoms with Gasteiger partial charge in [-0.1, -0.05) is 0 Å². The van der Waals surface area contributed by atoms with E-state index in [1.54, 1.807) is 7.11 Å². The first-order chi connectivity index (χ1) is 8.69. The molecule has 1 N–H and O–H groups in total. The summed E-state index contributed by atoms with van der Waals surface area (Å²) in [4.78, 5) is 2.35. The van der Waals surface area contributed by atoms with Crippen LogP contribution in [0.2, 0.25) is 0 Å². The summed E-state index contributed by atoms with van der Waals surface area (Å²) in [7, 11) is 3.89. The van der Waals surface area contributed by atoms with Gasteiger partial charge in [0.2, 0.25) is 0 Å². The summed E-state index contributed by atoms with van der Waals surface area (Å²) < 4.78 is 5.13. The number of methoxy groups -OCH3 is 1. The molecule has 0 aliphatic heterocycles. The van der Waals surface area contributed by atoms with Crippen LogP contribution >= 0.6 is 0 Å². The molecular formula is C14H25N3O. The third-order valence-corrected chi connectivity index (χ3v) is 4.27. The van der Waals surface area contributed by atoms with Gasteiger partial charge >= 0.3 is 0 Å². The van der Waals surface area contributed by atoms with Crippen LogP contribution in [0.3, 0.4) is 0 Å². The normalized spacial score (nSPS) is 32.4. The number of likely N-dealkylation sites (N-methyl/N-ethyl adjacent to an activating group) is 1. The Morgan fingerprint density at radius 2 is 2.22 bits per heavy atom. The molecule has 18 heavy (non-hydrogen) atoms. The zero-order valence-electron chi connectivity index (χ0n) is 11.6. The minimum atomic E-state index is -0.272. The number of hydrogen-bond acceptors (Lipinski definition) is 4. The molecule has 2 fully saturated rings. The van der Waals surface area contributed by atoms with Crippen molar-refractivity contribution in [1.29, 1.82) is 5.26 Å². The lowest BCUT2D eigenvalue weighted by Crippen LogP contribution is -2.53. The minimum Gasteiger partial charge on any atom is -0.383 e. The molecule has 2 saturated carbocycles. The van der Waals surface area contributed by atoms with E-state index in [1.165, 1.54) is 19.3 Å². The number of nitriles is 1. The first-order valence-electron chi connectivity index (χ1n) is 7.07. The molecule has 0 aromatic carbocycles. The highest BCUT2D eigenvalue weighted by Crippen LogP contribution is 2.33. The molecule has 102 valence electrons. The second kappa shape index (κ2) is 6.01. The first kappa shape index (κ1) is 13.8. The molecule has 2 atom stereocenters. The zero-order valence-corrected chi connectivity index (χ0v) is 11.6. The van der Waals surface area contributed by atoms with Gasteiger partial charge in [-0.15, -0.1) is 0 Å². The predicted molar refractivity (Wildman–Crippen MR) is 71.3 cm³/mol. The number of nitrogens with one attached hydrogen (secondary N) is 1. The lowest BCUT2D eigenvalue weighted by molar-refractivity contribution is 0.103. The molecule has 0 saturated heterocycles. The van der Waals surface area contributed by atoms with Gasteiger partial charge < -0.3 is 9.64 Å². The fraction of sp³-hybridized carbons (Fsp3) is 0.929. The number of nitrogens with zero attached hydrogens (tertiary/aromatic N) is 2. The maximum Gasteiger partial charge on any atom is 0.108 e. The average molecular weight is 251 g/mol. The van der Waals surface area contributed by atoms with Crippen LogP contribution in [0.1, 0.15) is 38.5 Å². The Kier molecular flexibility index (Phi) is 4.60. The van der Waals surface area contributed by atoms with Crippen LogP contribution < -0.4 is 5.32 Å². The van der Waals surface area contributed by atoms with Gasteiger partial charge in [-0.3, -0.25) is 5.32 Å². The van der Waals surface area contributed by atoms with Crippen molar-refractivity contribution in [3.8, 4) is 6.07 Å². The van der Waals surface area contributed by atoms with E-state index in [-0.39, 0.29) is 5.54 Å². The van der Waals surface area contributed by atoms with Gasteiger partial charge in [-0.25, -0.2) is 0 Å². The Labute approximate surface area is 110 Å². The quantitative estimate of drug-likeness (QED) is 0.777. The smallest absolute Gasteiger partial charge is 0.108 e. The fourth-order valence-electron chi connectivity index (χ4n) is 2.92. The molecule has 0 spiro atoms. The summed E-state index contributed by atoms with van der Waals surface area (Å²) >= 11 is 0. The van der Waals surface area contributed by atoms with Crippen LogP contribution in [0.15, 0.2) is 0 Å². The van der Waals surface area contributed by atoms with E-state index in [0.29, 0.717) is 12.1 Å². The highest BCUT2D eigenvalue weighted by molar-refractivity contribution is 5.13. The van der Waals surface area contributed by atoms with Gasteiger partial charge in [-0.2, -0.15) is 5.26 Å². The van der Waals surface area contributed by atoms with Crippen LogP contribution in [-0.2, 0) is 4.74 Å². The van der Waals surface area contributed by atoms with Crippen LogP contribution in [0.5, 0.6) is 0 Å². The van der Waals surface area contributed by atoms with E-state index < -0.39 is 0 Å². The molecule has 0 aromatic rings. The molecule has 2 unspecified atom stereocenters. The Bertz CT molecular complexity index is 311. The van der Waals surface area contributed by atoms with E-state index in [9.17, 15) is 5.26 Å². The summed E-state index contributed by atoms with van der Waals surface area (Å²) in [5, 5.41) is 13.1. The van der Waals surface area contributed by atoms with Crippen LogP contribution in [-0.4, -0.2) is 49.8 Å². The highest BCUT2D eigenvalue weighted by atomic mass is 16.5. The molecule has 2 aliphatic rings. The maximum atomic E-state index is 9.54. The van der Waals surface area contributed by atoms with E-state index >= 15 is 0 Å². The van der Waals surface area contributed by atoms with Crippen molar-refractivity contribution in [3.05, 3.63) is 0 Å². The van der Waals surface area contributed by atoms with Gasteiger partial charge in [-0.05, 0) is 45.6 Å². The summed E-state index contributed by atoms with van der Waals surface area (Å²) in [6.07, 6.45) is 6.81. The van der Waals surface area contributed by atoms with Crippen molar-refractivity contribution >= 4 is 0 Å². The van der Waals surface area contributed by atoms with Crippen molar-refractivity contribution in [2.24, 2.45) is 0 Å². The Morgan fingerprint density at radius 3 is 2.83 bits per heavy atom. The van der Waals surface area contributed by atoms with Crippen molar-refractivity contribution < 1.29 is 4.74 Å². The third kappa shape index (κ3) is 3.44. The number of ether oxygens (including phenoxy) is 1. The van der Waals surface area contributed by atoms with Crippen molar-refractivity contribution in [2.75, 3.05) is 27.3 Å². The average Bonchev–Trinajstić information content (AvgIpc) is 3.20. The molecule has 0 amide bonds. The van der Waals surface area contributed by atoms with Crippen molar-refractivity contribution in [1.82, 2.24) is 10.2 Å². The molecular weight excluding hydrogens is 226 g/mol. The molecule has 0 bridgehead atoms. The Hall–Kier alpha value is -0.630. The van der Waals surface area contributed by atoms with E-state index in [4.69, 9.17) is 4.74 Å². The summed E-state index contributed by atoms with van der Waals surface area (Å²) in [6.45, 7) is 1.72. The summed E-state index contributed by atoms with van der Waals surface area (Å²) in [5.41, 5.74) is -0.272. The van der Waals surface area contributed by atoms with E-state index in [1.807, 2.05) is 0 Å². The van der Waals surface area contributed by atoms with Crippen LogP contribution in [0.4, 0.5) is 0 Å². The Morgan fingerprint density at radius 1 is 1.44 bits per heavy atom. The fourth-order valence-corrected chi connectivity index (χ4v) is 2.92. The molecule has 4 heteroatoms. The number of hydrogen-bond donors (Lipinski definition) is 1. The SMILES string of the molecule is COCCN(C)C1CCCC(C#N)(NC2CC2)C1. The largest absolute Gasteiger partial charge is 0.383 e. The molecule has 2 rings (SSSR count). The zero-order chi connectivity index (χ0) is 13.0. The molecule has 0 heterocycles. The standard InChI is InChI=1S/C14H25N3O/c1-17(8-9-18-2)13-4-3-7-14(10-13,11-15)16-12-5-6-12/h12-13,16H,3-10H2,1-2H3. The highest BCUT2D eigenvalue weighted by Gasteiger charge is 2.41.